The van der Waals surface area contributed by atoms with Crippen LogP contribution in [0.25, 0.3) is 17.0 Å². The van der Waals surface area contributed by atoms with Crippen LogP contribution in [-0.4, -0.2) is 20.5 Å². The summed E-state index contributed by atoms with van der Waals surface area (Å²) in [5.41, 5.74) is 2.87. The average Bonchev–Trinajstić information content (AvgIpc) is 3.45. The molecule has 1 aliphatic carbocycles. The van der Waals surface area contributed by atoms with Crippen molar-refractivity contribution in [1.29, 1.82) is 0 Å². The Hall–Kier alpha value is -2.86. The lowest BCUT2D eigenvalue weighted by atomic mass is 10.2. The number of allylic oxidation sites excluding steroid dienone is 1. The lowest BCUT2D eigenvalue weighted by Crippen LogP contribution is -2.30. The van der Waals surface area contributed by atoms with Crippen molar-refractivity contribution in [3.63, 3.8) is 0 Å². The summed E-state index contributed by atoms with van der Waals surface area (Å²) in [6.07, 6.45) is 6.46. The van der Waals surface area contributed by atoms with Gasteiger partial charge >= 0.3 is 0 Å². The minimum atomic E-state index is -0.0113. The molecule has 0 radical (unpaired) electrons. The molecule has 0 unspecified atom stereocenters. The van der Waals surface area contributed by atoms with Crippen LogP contribution >= 0.6 is 12.2 Å². The normalized spacial score (nSPS) is 14.0. The fourth-order valence-electron chi connectivity index (χ4n) is 3.11. The van der Waals surface area contributed by atoms with Gasteiger partial charge in [0.15, 0.2) is 5.11 Å². The number of aromatic nitrogens is 2. The van der Waals surface area contributed by atoms with Gasteiger partial charge in [0.25, 0.3) is 5.56 Å². The molecule has 0 atom stereocenters. The molecular formula is C21H22N4OS. The molecule has 0 amide bonds. The van der Waals surface area contributed by atoms with Crippen LogP contribution in [0.15, 0.2) is 59.4 Å². The Balaban J connectivity index is 1.56. The Morgan fingerprint density at radius 3 is 2.74 bits per heavy atom. The molecule has 4 rings (SSSR count). The molecule has 3 aromatic rings. The van der Waals surface area contributed by atoms with Crippen molar-refractivity contribution in [2.45, 2.75) is 25.4 Å². The van der Waals surface area contributed by atoms with Crippen LogP contribution in [0.1, 0.15) is 18.4 Å². The van der Waals surface area contributed by atoms with Crippen molar-refractivity contribution in [2.75, 3.05) is 5.32 Å². The summed E-state index contributed by atoms with van der Waals surface area (Å²) in [4.78, 5) is 12.6. The van der Waals surface area contributed by atoms with Crippen LogP contribution in [-0.2, 0) is 13.6 Å². The second kappa shape index (κ2) is 7.40. The van der Waals surface area contributed by atoms with Gasteiger partial charge in [-0.15, -0.1) is 0 Å². The van der Waals surface area contributed by atoms with E-state index in [0.29, 0.717) is 23.1 Å². The standard InChI is InChI=1S/C21H22N4OS/c1-24-20(26)18-14-17(23-21(27)22-16-9-10-16)11-12-19(18)25(24)13-5-8-15-6-3-2-4-7-15/h2-8,11-12,14,16H,9-10,13H2,1H3,(H2,22,23,27)/b8-5+. The van der Waals surface area contributed by atoms with Crippen molar-refractivity contribution in [3.05, 3.63) is 70.5 Å². The van der Waals surface area contributed by atoms with E-state index in [2.05, 4.69) is 34.9 Å². The molecule has 1 saturated carbocycles. The Morgan fingerprint density at radius 1 is 1.22 bits per heavy atom. The molecule has 1 aliphatic rings. The highest BCUT2D eigenvalue weighted by atomic mass is 32.1. The van der Waals surface area contributed by atoms with E-state index in [-0.39, 0.29) is 5.56 Å². The lowest BCUT2D eigenvalue weighted by molar-refractivity contribution is 0.562. The van der Waals surface area contributed by atoms with E-state index in [0.717, 1.165) is 16.8 Å². The Kier molecular flexibility index (Phi) is 4.81. The predicted octanol–water partition coefficient (Wildman–Crippen LogP) is 3.50. The zero-order valence-electron chi connectivity index (χ0n) is 15.2. The van der Waals surface area contributed by atoms with Crippen molar-refractivity contribution in [1.82, 2.24) is 14.7 Å². The van der Waals surface area contributed by atoms with Crippen LogP contribution in [0.3, 0.4) is 0 Å². The number of nitrogens with zero attached hydrogens (tertiary/aromatic N) is 2. The minimum absolute atomic E-state index is 0.0113. The fourth-order valence-corrected chi connectivity index (χ4v) is 3.39. The first-order chi connectivity index (χ1) is 13.1. The zero-order valence-corrected chi connectivity index (χ0v) is 16.0. The summed E-state index contributed by atoms with van der Waals surface area (Å²) >= 11 is 5.32. The summed E-state index contributed by atoms with van der Waals surface area (Å²) in [6, 6.07) is 16.4. The molecule has 5 nitrogen and oxygen atoms in total. The van der Waals surface area contributed by atoms with Crippen LogP contribution in [0.5, 0.6) is 0 Å². The highest BCUT2D eigenvalue weighted by Gasteiger charge is 2.21. The summed E-state index contributed by atoms with van der Waals surface area (Å²) < 4.78 is 3.63. The van der Waals surface area contributed by atoms with Gasteiger partial charge in [0.1, 0.15) is 0 Å². The minimum Gasteiger partial charge on any atom is -0.360 e. The van der Waals surface area contributed by atoms with Gasteiger partial charge in [0.2, 0.25) is 0 Å². The van der Waals surface area contributed by atoms with E-state index < -0.39 is 0 Å². The fraction of sp³-hybridized carbons (Fsp3) is 0.238. The molecule has 0 bridgehead atoms. The summed E-state index contributed by atoms with van der Waals surface area (Å²) in [5, 5.41) is 7.72. The van der Waals surface area contributed by atoms with Gasteiger partial charge in [-0.25, -0.2) is 0 Å². The van der Waals surface area contributed by atoms with Gasteiger partial charge in [-0.1, -0.05) is 42.5 Å². The second-order valence-electron chi connectivity index (χ2n) is 6.83. The third-order valence-electron chi connectivity index (χ3n) is 4.72. The number of hydrogen-bond donors (Lipinski definition) is 2. The average molecular weight is 379 g/mol. The van der Waals surface area contributed by atoms with Gasteiger partial charge in [-0.2, -0.15) is 0 Å². The van der Waals surface area contributed by atoms with Crippen LogP contribution < -0.4 is 16.2 Å². The third-order valence-corrected chi connectivity index (χ3v) is 4.94. The van der Waals surface area contributed by atoms with E-state index >= 15 is 0 Å². The summed E-state index contributed by atoms with van der Waals surface area (Å²) in [7, 11) is 1.80. The molecule has 0 spiro atoms. The quantitative estimate of drug-likeness (QED) is 0.667. The summed E-state index contributed by atoms with van der Waals surface area (Å²) in [6.45, 7) is 0.624. The molecule has 1 heterocycles. The molecule has 6 heteroatoms. The number of fused-ring (bicyclic) bond motifs is 1. The molecule has 0 aliphatic heterocycles. The zero-order chi connectivity index (χ0) is 18.8. The molecule has 2 aromatic carbocycles. The number of nitrogens with one attached hydrogen (secondary N) is 2. The van der Waals surface area contributed by atoms with E-state index in [4.69, 9.17) is 12.2 Å². The number of anilines is 1. The van der Waals surface area contributed by atoms with Crippen LogP contribution in [0.4, 0.5) is 5.69 Å². The van der Waals surface area contributed by atoms with E-state index in [9.17, 15) is 4.79 Å². The van der Waals surface area contributed by atoms with Gasteiger partial charge in [0.05, 0.1) is 17.4 Å². The number of benzene rings is 2. The van der Waals surface area contributed by atoms with Crippen LogP contribution in [0, 0.1) is 0 Å². The van der Waals surface area contributed by atoms with E-state index in [1.165, 1.54) is 12.8 Å². The number of hydrogen-bond acceptors (Lipinski definition) is 2. The van der Waals surface area contributed by atoms with Gasteiger partial charge in [-0.05, 0) is 48.8 Å². The van der Waals surface area contributed by atoms with Crippen molar-refractivity contribution < 1.29 is 0 Å². The highest BCUT2D eigenvalue weighted by Crippen LogP contribution is 2.20. The number of thiocarbonyl (C=S) groups is 1. The predicted molar refractivity (Wildman–Crippen MR) is 115 cm³/mol. The first kappa shape index (κ1) is 17.5. The summed E-state index contributed by atoms with van der Waals surface area (Å²) in [5.74, 6) is 0. The smallest absolute Gasteiger partial charge is 0.274 e. The molecule has 27 heavy (non-hydrogen) atoms. The number of rotatable bonds is 5. The maximum atomic E-state index is 12.6. The third kappa shape index (κ3) is 3.95. The first-order valence-electron chi connectivity index (χ1n) is 9.10. The van der Waals surface area contributed by atoms with Gasteiger partial charge in [0, 0.05) is 18.8 Å². The Labute approximate surface area is 163 Å². The highest BCUT2D eigenvalue weighted by molar-refractivity contribution is 7.80. The molecule has 2 N–H and O–H groups in total. The molecule has 1 fully saturated rings. The Morgan fingerprint density at radius 2 is 2.00 bits per heavy atom. The monoisotopic (exact) mass is 378 g/mol. The lowest BCUT2D eigenvalue weighted by Gasteiger charge is -2.10. The topological polar surface area (TPSA) is 51.0 Å². The molecular weight excluding hydrogens is 356 g/mol. The second-order valence-corrected chi connectivity index (χ2v) is 7.24. The largest absolute Gasteiger partial charge is 0.360 e. The van der Waals surface area contributed by atoms with Crippen molar-refractivity contribution in [3.8, 4) is 0 Å². The Bertz CT molecular complexity index is 1060. The van der Waals surface area contributed by atoms with Gasteiger partial charge in [-0.3, -0.25) is 14.2 Å². The molecule has 1 aromatic heterocycles. The van der Waals surface area contributed by atoms with Crippen LogP contribution in [0.2, 0.25) is 0 Å². The van der Waals surface area contributed by atoms with E-state index in [1.807, 2.05) is 41.1 Å². The van der Waals surface area contributed by atoms with Gasteiger partial charge < -0.3 is 10.6 Å². The maximum absolute atomic E-state index is 12.6. The van der Waals surface area contributed by atoms with Crippen molar-refractivity contribution in [2.24, 2.45) is 7.05 Å². The molecule has 138 valence electrons. The SMILES string of the molecule is Cn1c(=O)c2cc(NC(=S)NC3CC3)ccc2n1C/C=C/c1ccccc1. The van der Waals surface area contributed by atoms with Crippen molar-refractivity contribution >= 4 is 40.0 Å². The maximum Gasteiger partial charge on any atom is 0.274 e. The van der Waals surface area contributed by atoms with E-state index in [1.54, 1.807) is 11.7 Å². The molecule has 0 saturated heterocycles. The first-order valence-corrected chi connectivity index (χ1v) is 9.51.